The van der Waals surface area contributed by atoms with Gasteiger partial charge in [-0.05, 0) is 6.42 Å². The third-order valence-corrected chi connectivity index (χ3v) is 3.21. The molecule has 3 nitrogen and oxygen atoms in total. The van der Waals surface area contributed by atoms with E-state index >= 15 is 0 Å². The van der Waals surface area contributed by atoms with E-state index in [2.05, 4.69) is 5.10 Å². The standard InChI is InChI=1S/C13H13ClF3N3/c1-2-3-20-13(8(14)6-19-20)12(18)11-9(16)4-7(15)5-10(11)17/h4-6,12H,2-3,18H2,1H3. The monoisotopic (exact) mass is 303 g/mol. The molecule has 0 aliphatic heterocycles. The summed E-state index contributed by atoms with van der Waals surface area (Å²) in [5.41, 5.74) is 5.78. The van der Waals surface area contributed by atoms with E-state index in [1.165, 1.54) is 10.9 Å². The Labute approximate surface area is 119 Å². The molecule has 0 radical (unpaired) electrons. The highest BCUT2D eigenvalue weighted by molar-refractivity contribution is 6.31. The molecule has 0 saturated carbocycles. The highest BCUT2D eigenvalue weighted by Crippen LogP contribution is 2.30. The summed E-state index contributed by atoms with van der Waals surface area (Å²) >= 11 is 5.98. The van der Waals surface area contributed by atoms with E-state index in [9.17, 15) is 13.2 Å². The first kappa shape index (κ1) is 14.9. The molecule has 0 aliphatic rings. The average Bonchev–Trinajstić information content (AvgIpc) is 2.69. The summed E-state index contributed by atoms with van der Waals surface area (Å²) in [5, 5.41) is 4.23. The van der Waals surface area contributed by atoms with Gasteiger partial charge in [0.2, 0.25) is 0 Å². The number of nitrogens with two attached hydrogens (primary N) is 1. The van der Waals surface area contributed by atoms with E-state index < -0.39 is 29.1 Å². The molecular weight excluding hydrogens is 291 g/mol. The Hall–Kier alpha value is -1.53. The Balaban J connectivity index is 2.52. The maximum atomic E-state index is 13.8. The van der Waals surface area contributed by atoms with Gasteiger partial charge in [0.25, 0.3) is 0 Å². The van der Waals surface area contributed by atoms with Crippen molar-refractivity contribution in [2.75, 3.05) is 0 Å². The van der Waals surface area contributed by atoms with Crippen LogP contribution in [0.3, 0.4) is 0 Å². The summed E-state index contributed by atoms with van der Waals surface area (Å²) < 4.78 is 42.0. The van der Waals surface area contributed by atoms with Crippen LogP contribution in [0.25, 0.3) is 0 Å². The summed E-state index contributed by atoms with van der Waals surface area (Å²) in [5.74, 6) is -3.09. The van der Waals surface area contributed by atoms with Crippen LogP contribution in [0, 0.1) is 17.5 Å². The first-order valence-electron chi connectivity index (χ1n) is 6.07. The first-order chi connectivity index (χ1) is 9.45. The van der Waals surface area contributed by atoms with E-state index in [4.69, 9.17) is 17.3 Å². The van der Waals surface area contributed by atoms with Gasteiger partial charge < -0.3 is 5.73 Å². The summed E-state index contributed by atoms with van der Waals surface area (Å²) in [6.07, 6.45) is 2.12. The molecule has 1 aromatic heterocycles. The third-order valence-electron chi connectivity index (χ3n) is 2.92. The quantitative estimate of drug-likeness (QED) is 0.940. The van der Waals surface area contributed by atoms with Gasteiger partial charge in [-0.1, -0.05) is 18.5 Å². The van der Waals surface area contributed by atoms with Gasteiger partial charge in [-0.2, -0.15) is 5.10 Å². The smallest absolute Gasteiger partial charge is 0.134 e. The van der Waals surface area contributed by atoms with Gasteiger partial charge in [-0.25, -0.2) is 13.2 Å². The van der Waals surface area contributed by atoms with Crippen LogP contribution in [0.5, 0.6) is 0 Å². The molecule has 20 heavy (non-hydrogen) atoms. The van der Waals surface area contributed by atoms with Gasteiger partial charge in [0.05, 0.1) is 23.0 Å². The number of rotatable bonds is 4. The Morgan fingerprint density at radius 3 is 2.45 bits per heavy atom. The van der Waals surface area contributed by atoms with E-state index in [0.29, 0.717) is 24.4 Å². The molecule has 2 aromatic rings. The van der Waals surface area contributed by atoms with E-state index in [1.807, 2.05) is 6.92 Å². The minimum Gasteiger partial charge on any atom is -0.319 e. The van der Waals surface area contributed by atoms with Crippen molar-refractivity contribution >= 4 is 11.6 Å². The zero-order chi connectivity index (χ0) is 14.9. The molecule has 2 N–H and O–H groups in total. The molecule has 0 spiro atoms. The molecule has 0 fully saturated rings. The van der Waals surface area contributed by atoms with Crippen molar-refractivity contribution < 1.29 is 13.2 Å². The van der Waals surface area contributed by atoms with Crippen LogP contribution in [0.1, 0.15) is 30.6 Å². The molecule has 1 aromatic carbocycles. The number of aryl methyl sites for hydroxylation is 1. The van der Waals surface area contributed by atoms with Crippen LogP contribution in [0.4, 0.5) is 13.2 Å². The molecular formula is C13H13ClF3N3. The Morgan fingerprint density at radius 2 is 1.90 bits per heavy atom. The fourth-order valence-electron chi connectivity index (χ4n) is 2.06. The molecule has 7 heteroatoms. The van der Waals surface area contributed by atoms with Gasteiger partial charge in [-0.3, -0.25) is 4.68 Å². The molecule has 0 amide bonds. The van der Waals surface area contributed by atoms with Crippen LogP contribution < -0.4 is 5.73 Å². The van der Waals surface area contributed by atoms with E-state index in [-0.39, 0.29) is 5.02 Å². The molecule has 2 rings (SSSR count). The predicted molar refractivity (Wildman–Crippen MR) is 69.9 cm³/mol. The predicted octanol–water partition coefficient (Wildman–Crippen LogP) is 3.41. The zero-order valence-corrected chi connectivity index (χ0v) is 11.5. The van der Waals surface area contributed by atoms with Crippen molar-refractivity contribution in [2.24, 2.45) is 5.73 Å². The van der Waals surface area contributed by atoms with Gasteiger partial charge in [0.15, 0.2) is 0 Å². The summed E-state index contributed by atoms with van der Waals surface area (Å²) in [7, 11) is 0. The maximum absolute atomic E-state index is 13.8. The lowest BCUT2D eigenvalue weighted by Gasteiger charge is -2.16. The third kappa shape index (κ3) is 2.66. The van der Waals surface area contributed by atoms with Crippen LogP contribution in [0.2, 0.25) is 5.02 Å². The molecule has 0 aliphatic carbocycles. The van der Waals surface area contributed by atoms with Crippen molar-refractivity contribution in [2.45, 2.75) is 25.9 Å². The molecule has 0 bridgehead atoms. The minimum absolute atomic E-state index is 0.217. The van der Waals surface area contributed by atoms with Crippen LogP contribution in [-0.2, 0) is 6.54 Å². The molecule has 0 saturated heterocycles. The SMILES string of the molecule is CCCn1ncc(Cl)c1C(N)c1c(F)cc(F)cc1F. The first-order valence-corrected chi connectivity index (χ1v) is 6.44. The van der Waals surface area contributed by atoms with Crippen LogP contribution >= 0.6 is 11.6 Å². The fraction of sp³-hybridized carbons (Fsp3) is 0.308. The number of nitrogens with zero attached hydrogens (tertiary/aromatic N) is 2. The van der Waals surface area contributed by atoms with Gasteiger partial charge in [-0.15, -0.1) is 0 Å². The normalized spacial score (nSPS) is 12.7. The second-order valence-electron chi connectivity index (χ2n) is 4.36. The Kier molecular flexibility index (Phi) is 4.35. The lowest BCUT2D eigenvalue weighted by molar-refractivity contribution is 0.499. The minimum atomic E-state index is -1.16. The highest BCUT2D eigenvalue weighted by atomic mass is 35.5. The van der Waals surface area contributed by atoms with Crippen LogP contribution in [0.15, 0.2) is 18.3 Å². The lowest BCUT2D eigenvalue weighted by atomic mass is 10.0. The maximum Gasteiger partial charge on any atom is 0.134 e. The zero-order valence-electron chi connectivity index (χ0n) is 10.7. The van der Waals surface area contributed by atoms with Crippen molar-refractivity contribution in [1.29, 1.82) is 0 Å². The summed E-state index contributed by atoms with van der Waals surface area (Å²) in [4.78, 5) is 0. The van der Waals surface area contributed by atoms with Gasteiger partial charge in [0.1, 0.15) is 17.5 Å². The van der Waals surface area contributed by atoms with Crippen molar-refractivity contribution in [3.63, 3.8) is 0 Å². The molecule has 1 atom stereocenters. The number of hydrogen-bond donors (Lipinski definition) is 1. The Morgan fingerprint density at radius 1 is 1.30 bits per heavy atom. The largest absolute Gasteiger partial charge is 0.319 e. The fourth-order valence-corrected chi connectivity index (χ4v) is 2.32. The number of benzene rings is 1. The average molecular weight is 304 g/mol. The summed E-state index contributed by atoms with van der Waals surface area (Å²) in [6, 6.07) is 0.0246. The molecule has 108 valence electrons. The number of hydrogen-bond acceptors (Lipinski definition) is 2. The van der Waals surface area contributed by atoms with E-state index in [0.717, 1.165) is 6.42 Å². The Bertz CT molecular complexity index is 604. The van der Waals surface area contributed by atoms with Crippen molar-refractivity contribution in [3.8, 4) is 0 Å². The molecule has 1 unspecified atom stereocenters. The lowest BCUT2D eigenvalue weighted by Crippen LogP contribution is -2.20. The van der Waals surface area contributed by atoms with E-state index in [1.54, 1.807) is 0 Å². The van der Waals surface area contributed by atoms with Crippen molar-refractivity contribution in [1.82, 2.24) is 9.78 Å². The van der Waals surface area contributed by atoms with Crippen molar-refractivity contribution in [3.05, 3.63) is 52.1 Å². The van der Waals surface area contributed by atoms with Gasteiger partial charge in [0, 0.05) is 24.2 Å². The van der Waals surface area contributed by atoms with Gasteiger partial charge >= 0.3 is 0 Å². The second-order valence-corrected chi connectivity index (χ2v) is 4.77. The highest BCUT2D eigenvalue weighted by Gasteiger charge is 2.25. The van der Waals surface area contributed by atoms with Crippen LogP contribution in [-0.4, -0.2) is 9.78 Å². The second kappa shape index (κ2) is 5.85. The topological polar surface area (TPSA) is 43.8 Å². The summed E-state index contributed by atoms with van der Waals surface area (Å²) in [6.45, 7) is 2.43. The number of aromatic nitrogens is 2. The molecule has 1 heterocycles. The number of halogens is 4.